The van der Waals surface area contributed by atoms with Crippen LogP contribution in [0.1, 0.15) is 32.1 Å². The largest absolute Gasteiger partial charge is 0.522 e. The fraction of sp³-hybridized carbons (Fsp3) is 0.529. The number of aryl methyl sites for hydroxylation is 1. The van der Waals surface area contributed by atoms with Gasteiger partial charge in [-0.15, -0.1) is 0 Å². The number of aromatic hydroxyl groups is 1. The van der Waals surface area contributed by atoms with Gasteiger partial charge in [-0.3, -0.25) is 9.55 Å². The number of halogens is 4. The number of hydrogen-bond acceptors (Lipinski definition) is 7. The minimum absolute atomic E-state index is 0.0500. The summed E-state index contributed by atoms with van der Waals surface area (Å²) in [4.78, 5) is 5.76. The Morgan fingerprint density at radius 3 is 2.39 bits per heavy atom. The molecule has 31 heavy (non-hydrogen) atoms. The third-order valence-corrected chi connectivity index (χ3v) is 6.30. The molecule has 174 valence electrons. The molecule has 8 nitrogen and oxygen atoms in total. The Labute approximate surface area is 185 Å². The van der Waals surface area contributed by atoms with Crippen LogP contribution >= 0.6 is 22.9 Å². The Hall–Kier alpha value is -1.83. The second-order valence-corrected chi connectivity index (χ2v) is 9.44. The highest BCUT2D eigenvalue weighted by atomic mass is 35.5. The molecule has 0 aliphatic heterocycles. The summed E-state index contributed by atoms with van der Waals surface area (Å²) in [5, 5.41) is 15.4. The lowest BCUT2D eigenvalue weighted by Gasteiger charge is -2.16. The maximum Gasteiger partial charge on any atom is 0.522 e. The highest BCUT2D eigenvalue weighted by molar-refractivity contribution is 7.86. The van der Waals surface area contributed by atoms with Gasteiger partial charge in [-0.05, 0) is 25.0 Å². The predicted molar refractivity (Wildman–Crippen MR) is 110 cm³/mol. The van der Waals surface area contributed by atoms with Gasteiger partial charge >= 0.3 is 15.6 Å². The summed E-state index contributed by atoms with van der Waals surface area (Å²) in [5.41, 5.74) is -4.72. The number of phenolic OH excluding ortho intramolecular Hbond substituents is 1. The quantitative estimate of drug-likeness (QED) is 0.480. The number of phenols is 1. The summed E-state index contributed by atoms with van der Waals surface area (Å²) in [6.07, 6.45) is 6.15. The second kappa shape index (κ2) is 10.2. The van der Waals surface area contributed by atoms with E-state index in [4.69, 9.17) is 34.3 Å². The van der Waals surface area contributed by atoms with Gasteiger partial charge in [0.1, 0.15) is 5.01 Å². The van der Waals surface area contributed by atoms with Gasteiger partial charge in [-0.1, -0.05) is 42.2 Å². The van der Waals surface area contributed by atoms with E-state index in [-0.39, 0.29) is 10.8 Å². The molecule has 0 amide bonds. The zero-order valence-corrected chi connectivity index (χ0v) is 18.9. The molecule has 2 aromatic rings. The number of rotatable bonds is 3. The van der Waals surface area contributed by atoms with Crippen LogP contribution in [0, 0.1) is 0 Å². The Kier molecular flexibility index (Phi) is 8.36. The van der Waals surface area contributed by atoms with Crippen molar-refractivity contribution in [2.45, 2.75) is 43.7 Å². The molecule has 14 heteroatoms. The maximum atomic E-state index is 10.7. The number of benzene rings is 1. The van der Waals surface area contributed by atoms with Crippen LogP contribution in [-0.4, -0.2) is 46.5 Å². The van der Waals surface area contributed by atoms with Gasteiger partial charge in [0, 0.05) is 12.6 Å². The van der Waals surface area contributed by atoms with Crippen molar-refractivity contribution in [1.82, 2.24) is 9.78 Å². The molecule has 1 aromatic heterocycles. The van der Waals surface area contributed by atoms with Crippen LogP contribution in [0.2, 0.25) is 5.02 Å². The lowest BCUT2D eigenvalue weighted by atomic mass is 9.96. The van der Waals surface area contributed by atoms with Crippen LogP contribution < -0.4 is 9.54 Å². The summed E-state index contributed by atoms with van der Waals surface area (Å²) < 4.78 is 64.5. The molecule has 0 unspecified atom stereocenters. The summed E-state index contributed by atoms with van der Waals surface area (Å²) in [6.45, 7) is 0. The fourth-order valence-electron chi connectivity index (χ4n) is 2.80. The first-order valence-electron chi connectivity index (χ1n) is 9.02. The van der Waals surface area contributed by atoms with Crippen LogP contribution in [0.4, 0.5) is 13.2 Å². The van der Waals surface area contributed by atoms with Gasteiger partial charge < -0.3 is 9.84 Å². The monoisotopic (exact) mass is 503 g/mol. The first-order valence-corrected chi connectivity index (χ1v) is 11.7. The van der Waals surface area contributed by atoms with E-state index in [0.717, 1.165) is 28.2 Å². The second-order valence-electron chi connectivity index (χ2n) is 6.66. The Morgan fingerprint density at radius 1 is 1.29 bits per heavy atom. The summed E-state index contributed by atoms with van der Waals surface area (Å²) >= 11 is 7.60. The molecule has 2 N–H and O–H groups in total. The molecule has 1 aliphatic carbocycles. The van der Waals surface area contributed by atoms with Crippen LogP contribution in [0.5, 0.6) is 11.5 Å². The number of alkyl halides is 3. The minimum atomic E-state index is -5.84. The molecular formula is C17H21ClF3N3O5S2. The van der Waals surface area contributed by atoms with Crippen LogP contribution in [-0.2, 0) is 17.2 Å². The van der Waals surface area contributed by atoms with E-state index in [1.807, 2.05) is 11.7 Å². The van der Waals surface area contributed by atoms with Gasteiger partial charge in [0.2, 0.25) is 4.80 Å². The van der Waals surface area contributed by atoms with Gasteiger partial charge in [0.25, 0.3) is 0 Å². The third-order valence-electron chi connectivity index (χ3n) is 4.36. The molecule has 1 saturated carbocycles. The van der Waals surface area contributed by atoms with Gasteiger partial charge in [-0.2, -0.15) is 26.7 Å². The van der Waals surface area contributed by atoms with Crippen molar-refractivity contribution < 1.29 is 36.0 Å². The van der Waals surface area contributed by atoms with Gasteiger partial charge in [0.05, 0.1) is 18.2 Å². The zero-order chi connectivity index (χ0) is 23.4. The van der Waals surface area contributed by atoms with Crippen molar-refractivity contribution in [3.05, 3.63) is 22.0 Å². The molecule has 1 aliphatic rings. The van der Waals surface area contributed by atoms with E-state index in [1.165, 1.54) is 37.7 Å². The van der Waals surface area contributed by atoms with Crippen LogP contribution in [0.25, 0.3) is 10.6 Å². The average molecular weight is 504 g/mol. The molecule has 0 radical (unpaired) electrons. The highest BCUT2D eigenvalue weighted by Gasteiger charge is 2.44. The molecule has 3 rings (SSSR count). The van der Waals surface area contributed by atoms with E-state index < -0.39 is 15.6 Å². The number of nitrogens with zero attached hydrogens (tertiary/aromatic N) is 3. The Bertz CT molecular complexity index is 1080. The Morgan fingerprint density at radius 2 is 1.87 bits per heavy atom. The third kappa shape index (κ3) is 6.82. The van der Waals surface area contributed by atoms with Crippen molar-refractivity contribution in [2.24, 2.45) is 12.0 Å². The summed E-state index contributed by atoms with van der Waals surface area (Å²) in [6, 6.07) is 3.84. The van der Waals surface area contributed by atoms with E-state index in [2.05, 4.69) is 5.10 Å². The van der Waals surface area contributed by atoms with Crippen LogP contribution in [0.3, 0.4) is 0 Å². The lowest BCUT2D eigenvalue weighted by molar-refractivity contribution is -0.0510. The molecule has 0 bridgehead atoms. The average Bonchev–Trinajstić information content (AvgIpc) is 3.04. The number of methoxy groups -OCH3 is 1. The SMILES string of the molecule is COc1cc(-c2nn(C)c(=NC3CCCCC3)s2)cc(Cl)c1O.O=S(=O)(O)C(F)(F)F. The zero-order valence-electron chi connectivity index (χ0n) is 16.6. The first kappa shape index (κ1) is 25.4. The van der Waals surface area contributed by atoms with E-state index in [1.54, 1.807) is 12.1 Å². The summed E-state index contributed by atoms with van der Waals surface area (Å²) in [5.74, 6) is 0.294. The smallest absolute Gasteiger partial charge is 0.503 e. The Balaban J connectivity index is 0.000000366. The molecule has 1 heterocycles. The molecule has 1 fully saturated rings. The predicted octanol–water partition coefficient (Wildman–Crippen LogP) is 4.14. The number of ether oxygens (including phenoxy) is 1. The molecule has 1 aromatic carbocycles. The van der Waals surface area contributed by atoms with Crippen molar-refractivity contribution in [1.29, 1.82) is 0 Å². The number of aromatic nitrogens is 2. The first-order chi connectivity index (χ1) is 14.3. The van der Waals surface area contributed by atoms with E-state index in [9.17, 15) is 18.3 Å². The lowest BCUT2D eigenvalue weighted by Crippen LogP contribution is -2.21. The molecule has 0 saturated heterocycles. The minimum Gasteiger partial charge on any atom is -0.503 e. The van der Waals surface area contributed by atoms with Crippen molar-refractivity contribution in [2.75, 3.05) is 7.11 Å². The standard InChI is InChI=1S/C16H20ClN3O2S.CHF3O3S/c1-20-16(18-11-6-4-3-5-7-11)23-15(19-20)10-8-12(17)14(21)13(9-10)22-2;2-1(3,4)8(5,6)7/h8-9,11,21H,3-7H2,1-2H3;(H,5,6,7). The highest BCUT2D eigenvalue weighted by Crippen LogP contribution is 2.38. The molecule has 0 spiro atoms. The van der Waals surface area contributed by atoms with Gasteiger partial charge in [0.15, 0.2) is 11.5 Å². The maximum absolute atomic E-state index is 10.7. The number of hydrogen-bond donors (Lipinski definition) is 2. The van der Waals surface area contributed by atoms with Crippen LogP contribution in [0.15, 0.2) is 17.1 Å². The van der Waals surface area contributed by atoms with Crippen molar-refractivity contribution in [3.63, 3.8) is 0 Å². The van der Waals surface area contributed by atoms with Crippen molar-refractivity contribution >= 4 is 33.1 Å². The fourth-order valence-corrected chi connectivity index (χ4v) is 3.96. The molecular weight excluding hydrogens is 483 g/mol. The van der Waals surface area contributed by atoms with Gasteiger partial charge in [-0.25, -0.2) is 4.68 Å². The summed E-state index contributed by atoms with van der Waals surface area (Å²) in [7, 11) is -2.44. The topological polar surface area (TPSA) is 114 Å². The van der Waals surface area contributed by atoms with Crippen molar-refractivity contribution in [3.8, 4) is 22.1 Å². The molecule has 0 atom stereocenters. The normalized spacial score (nSPS) is 16.0. The van der Waals surface area contributed by atoms with E-state index >= 15 is 0 Å². The van der Waals surface area contributed by atoms with E-state index in [0.29, 0.717) is 11.8 Å².